The van der Waals surface area contributed by atoms with Crippen molar-refractivity contribution in [1.82, 2.24) is 14.8 Å². The number of halogens is 1. The van der Waals surface area contributed by atoms with Crippen molar-refractivity contribution in [3.05, 3.63) is 66.2 Å². The molecule has 0 fully saturated rings. The van der Waals surface area contributed by atoms with E-state index in [1.54, 1.807) is 42.7 Å². The van der Waals surface area contributed by atoms with Gasteiger partial charge in [0, 0.05) is 17.8 Å². The number of carbonyl (C=O) groups excluding carboxylic acids is 1. The fourth-order valence-electron chi connectivity index (χ4n) is 2.43. The van der Waals surface area contributed by atoms with Crippen LogP contribution in [0.4, 0.5) is 10.1 Å². The van der Waals surface area contributed by atoms with Gasteiger partial charge in [0.15, 0.2) is 5.16 Å². The number of anilines is 1. The van der Waals surface area contributed by atoms with Crippen molar-refractivity contribution in [2.24, 2.45) is 0 Å². The molecule has 0 bridgehead atoms. The molecule has 146 valence electrons. The van der Waals surface area contributed by atoms with Crippen LogP contribution in [0, 0.1) is 5.82 Å². The number of ether oxygens (including phenoxy) is 1. The minimum atomic E-state index is -0.280. The topological polar surface area (TPSA) is 69.0 Å². The Kier molecular flexibility index (Phi) is 6.65. The molecule has 1 amide bonds. The van der Waals surface area contributed by atoms with Crippen LogP contribution in [0.5, 0.6) is 5.75 Å². The van der Waals surface area contributed by atoms with Crippen LogP contribution in [0.3, 0.4) is 0 Å². The third-order valence-corrected chi connectivity index (χ3v) is 4.82. The monoisotopic (exact) mass is 400 g/mol. The minimum Gasteiger partial charge on any atom is -0.489 e. The Morgan fingerprint density at radius 3 is 2.79 bits per heavy atom. The summed E-state index contributed by atoms with van der Waals surface area (Å²) in [5.74, 6) is 0.429. The lowest BCUT2D eigenvalue weighted by Gasteiger charge is -2.10. The van der Waals surface area contributed by atoms with Crippen LogP contribution >= 0.6 is 11.8 Å². The number of benzene rings is 2. The number of carbonyl (C=O) groups is 1. The molecule has 2 aromatic carbocycles. The number of aromatic nitrogens is 3. The largest absolute Gasteiger partial charge is 0.489 e. The lowest BCUT2D eigenvalue weighted by atomic mass is 10.2. The Morgan fingerprint density at radius 2 is 2.04 bits per heavy atom. The van der Waals surface area contributed by atoms with E-state index in [0.717, 1.165) is 5.56 Å². The van der Waals surface area contributed by atoms with Crippen LogP contribution in [-0.2, 0) is 11.4 Å². The highest BCUT2D eigenvalue weighted by molar-refractivity contribution is 7.99. The van der Waals surface area contributed by atoms with Crippen molar-refractivity contribution in [2.75, 3.05) is 11.1 Å². The molecule has 0 aliphatic carbocycles. The summed E-state index contributed by atoms with van der Waals surface area (Å²) < 4.78 is 20.6. The van der Waals surface area contributed by atoms with Crippen LogP contribution in [-0.4, -0.2) is 26.4 Å². The maximum absolute atomic E-state index is 12.9. The highest BCUT2D eigenvalue weighted by Crippen LogP contribution is 2.21. The van der Waals surface area contributed by atoms with E-state index in [-0.39, 0.29) is 23.5 Å². The maximum atomic E-state index is 12.9. The molecule has 28 heavy (non-hydrogen) atoms. The van der Waals surface area contributed by atoms with Crippen LogP contribution in [0.2, 0.25) is 0 Å². The van der Waals surface area contributed by atoms with E-state index in [1.165, 1.54) is 23.9 Å². The van der Waals surface area contributed by atoms with Crippen LogP contribution in [0.1, 0.15) is 25.5 Å². The SMILES string of the molecule is CC(C)n1cnnc1SCC(=O)Nc1cccc(OCc2ccc(F)cc2)c1. The Bertz CT molecular complexity index is 928. The zero-order valence-electron chi connectivity index (χ0n) is 15.6. The summed E-state index contributed by atoms with van der Waals surface area (Å²) in [6.45, 7) is 4.38. The van der Waals surface area contributed by atoms with E-state index in [0.29, 0.717) is 23.2 Å². The molecule has 1 aromatic heterocycles. The number of nitrogens with zero attached hydrogens (tertiary/aromatic N) is 3. The zero-order chi connectivity index (χ0) is 19.9. The van der Waals surface area contributed by atoms with Crippen molar-refractivity contribution in [3.8, 4) is 5.75 Å². The number of nitrogens with one attached hydrogen (secondary N) is 1. The van der Waals surface area contributed by atoms with Gasteiger partial charge in [-0.2, -0.15) is 0 Å². The summed E-state index contributed by atoms with van der Waals surface area (Å²) in [4.78, 5) is 12.2. The fraction of sp³-hybridized carbons (Fsp3) is 0.250. The molecule has 0 atom stereocenters. The second-order valence-corrected chi connectivity index (χ2v) is 7.34. The van der Waals surface area contributed by atoms with Crippen molar-refractivity contribution < 1.29 is 13.9 Å². The molecule has 3 rings (SSSR count). The lowest BCUT2D eigenvalue weighted by Crippen LogP contribution is -2.14. The molecule has 0 saturated heterocycles. The number of amides is 1. The van der Waals surface area contributed by atoms with Gasteiger partial charge in [0.2, 0.25) is 5.91 Å². The van der Waals surface area contributed by atoms with E-state index in [4.69, 9.17) is 4.74 Å². The average molecular weight is 400 g/mol. The van der Waals surface area contributed by atoms with Gasteiger partial charge in [-0.25, -0.2) is 4.39 Å². The van der Waals surface area contributed by atoms with E-state index < -0.39 is 0 Å². The van der Waals surface area contributed by atoms with Crippen molar-refractivity contribution >= 4 is 23.4 Å². The summed E-state index contributed by atoms with van der Waals surface area (Å²) >= 11 is 1.34. The summed E-state index contributed by atoms with van der Waals surface area (Å²) in [7, 11) is 0. The predicted molar refractivity (Wildman–Crippen MR) is 107 cm³/mol. The standard InChI is InChI=1S/C20H21FN4O2S/c1-14(2)25-13-22-24-20(25)28-12-19(26)23-17-4-3-5-18(10-17)27-11-15-6-8-16(21)9-7-15/h3-10,13-14H,11-12H2,1-2H3,(H,23,26). The van der Waals surface area contributed by atoms with Crippen molar-refractivity contribution in [2.45, 2.75) is 31.7 Å². The first-order valence-corrected chi connectivity index (χ1v) is 9.79. The number of rotatable bonds is 8. The molecule has 3 aromatic rings. The third kappa shape index (κ3) is 5.56. The predicted octanol–water partition coefficient (Wildman–Crippen LogP) is 4.31. The van der Waals surface area contributed by atoms with Gasteiger partial charge in [0.1, 0.15) is 24.5 Å². The first-order chi connectivity index (χ1) is 13.5. The number of hydrogen-bond donors (Lipinski definition) is 1. The number of hydrogen-bond acceptors (Lipinski definition) is 5. The Balaban J connectivity index is 1.52. The smallest absolute Gasteiger partial charge is 0.234 e. The molecule has 0 spiro atoms. The van der Waals surface area contributed by atoms with E-state index in [9.17, 15) is 9.18 Å². The van der Waals surface area contributed by atoms with E-state index >= 15 is 0 Å². The quantitative estimate of drug-likeness (QED) is 0.571. The van der Waals surface area contributed by atoms with Gasteiger partial charge in [-0.05, 0) is 43.7 Å². The Hall–Kier alpha value is -2.87. The lowest BCUT2D eigenvalue weighted by molar-refractivity contribution is -0.113. The van der Waals surface area contributed by atoms with Gasteiger partial charge >= 0.3 is 0 Å². The summed E-state index contributed by atoms with van der Waals surface area (Å²) in [6.07, 6.45) is 1.66. The second kappa shape index (κ2) is 9.36. The maximum Gasteiger partial charge on any atom is 0.234 e. The summed E-state index contributed by atoms with van der Waals surface area (Å²) in [5.41, 5.74) is 1.51. The molecule has 8 heteroatoms. The van der Waals surface area contributed by atoms with Gasteiger partial charge in [-0.3, -0.25) is 4.79 Å². The molecule has 1 heterocycles. The molecule has 0 aliphatic rings. The van der Waals surface area contributed by atoms with Gasteiger partial charge < -0.3 is 14.6 Å². The van der Waals surface area contributed by atoms with Gasteiger partial charge in [-0.15, -0.1) is 10.2 Å². The first-order valence-electron chi connectivity index (χ1n) is 8.81. The Labute approximate surface area is 167 Å². The molecule has 0 saturated carbocycles. The third-order valence-electron chi connectivity index (χ3n) is 3.87. The van der Waals surface area contributed by atoms with Crippen molar-refractivity contribution in [1.29, 1.82) is 0 Å². The molecule has 0 aliphatic heterocycles. The van der Waals surface area contributed by atoms with Gasteiger partial charge in [0.25, 0.3) is 0 Å². The first kappa shape index (κ1) is 19.9. The highest BCUT2D eigenvalue weighted by Gasteiger charge is 2.11. The van der Waals surface area contributed by atoms with Crippen LogP contribution in [0.15, 0.2) is 60.0 Å². The highest BCUT2D eigenvalue weighted by atomic mass is 32.2. The normalized spacial score (nSPS) is 10.9. The van der Waals surface area contributed by atoms with Gasteiger partial charge in [0.05, 0.1) is 5.75 Å². The molecule has 1 N–H and O–H groups in total. The van der Waals surface area contributed by atoms with Crippen LogP contribution in [0.25, 0.3) is 0 Å². The number of thioether (sulfide) groups is 1. The molecule has 6 nitrogen and oxygen atoms in total. The van der Waals surface area contributed by atoms with Gasteiger partial charge in [-0.1, -0.05) is 30.0 Å². The Morgan fingerprint density at radius 1 is 1.25 bits per heavy atom. The average Bonchev–Trinajstić information content (AvgIpc) is 3.15. The molecule has 0 radical (unpaired) electrons. The van der Waals surface area contributed by atoms with E-state index in [2.05, 4.69) is 15.5 Å². The second-order valence-electron chi connectivity index (χ2n) is 6.39. The fourth-order valence-corrected chi connectivity index (χ4v) is 3.27. The summed E-state index contributed by atoms with van der Waals surface area (Å²) in [5, 5.41) is 11.5. The van der Waals surface area contributed by atoms with Crippen LogP contribution < -0.4 is 10.1 Å². The molecule has 0 unspecified atom stereocenters. The molecular formula is C20H21FN4O2S. The van der Waals surface area contributed by atoms with Crippen molar-refractivity contribution in [3.63, 3.8) is 0 Å². The zero-order valence-corrected chi connectivity index (χ0v) is 16.4. The molecular weight excluding hydrogens is 379 g/mol. The van der Waals surface area contributed by atoms with E-state index in [1.807, 2.05) is 18.4 Å². The minimum absolute atomic E-state index is 0.140. The summed E-state index contributed by atoms with van der Waals surface area (Å²) in [6, 6.07) is 13.5.